The number of rotatable bonds is 12. The third-order valence-corrected chi connectivity index (χ3v) is 9.66. The Morgan fingerprint density at radius 3 is 2.48 bits per heavy atom. The highest BCUT2D eigenvalue weighted by atomic mass is 19.1. The van der Waals surface area contributed by atoms with E-state index in [0.717, 1.165) is 111 Å². The summed E-state index contributed by atoms with van der Waals surface area (Å²) in [7, 11) is 0. The van der Waals surface area contributed by atoms with Crippen LogP contribution in [0.5, 0.6) is 0 Å². The van der Waals surface area contributed by atoms with Crippen molar-refractivity contribution in [3.8, 4) is 0 Å². The van der Waals surface area contributed by atoms with E-state index in [4.69, 9.17) is 9.47 Å². The van der Waals surface area contributed by atoms with Crippen LogP contribution in [0.25, 0.3) is 0 Å². The first-order valence-corrected chi connectivity index (χ1v) is 16.8. The van der Waals surface area contributed by atoms with Gasteiger partial charge in [0.25, 0.3) is 0 Å². The Balaban J connectivity index is 1.32. The minimum Gasteiger partial charge on any atom is -0.461 e. The molecule has 46 heavy (non-hydrogen) atoms. The van der Waals surface area contributed by atoms with Crippen molar-refractivity contribution < 1.29 is 18.7 Å². The van der Waals surface area contributed by atoms with E-state index in [-0.39, 0.29) is 24.3 Å². The molecular weight excluding hydrogens is 583 g/mol. The zero-order chi connectivity index (χ0) is 32.8. The fraction of sp³-hybridized carbons (Fsp3) is 0.583. The number of esters is 1. The summed E-state index contributed by atoms with van der Waals surface area (Å²) in [5.74, 6) is -0.307. The molecule has 0 saturated carbocycles. The number of nitrogens with one attached hydrogen (secondary N) is 1. The molecule has 0 amide bonds. The van der Waals surface area contributed by atoms with Gasteiger partial charge in [-0.1, -0.05) is 19.9 Å². The molecule has 9 nitrogen and oxygen atoms in total. The maximum Gasteiger partial charge on any atom is 0.302 e. The lowest BCUT2D eigenvalue weighted by atomic mass is 9.91. The number of hydrogen-bond acceptors (Lipinski definition) is 8. The molecule has 10 heteroatoms. The van der Waals surface area contributed by atoms with Gasteiger partial charge in [-0.05, 0) is 74.1 Å². The molecule has 0 unspecified atom stereocenters. The lowest BCUT2D eigenvalue weighted by Crippen LogP contribution is -2.56. The number of aliphatic imine (C=N–C) groups is 1. The SMILES string of the molecule is C=N\C=C(/C=C\C(C)=C\C(=N)/C(=C(\COC(C)=O)CN1CCc2c(F)c3c(n2C1)CCCC3)C(C)C)N1CCN(C2COC2)CC1. The zero-order valence-corrected chi connectivity index (χ0v) is 28.1. The number of hydrogen-bond donors (Lipinski definition) is 1. The predicted octanol–water partition coefficient (Wildman–Crippen LogP) is 4.92. The molecule has 4 aliphatic rings. The number of aromatic nitrogens is 1. The molecule has 4 heterocycles. The number of halogens is 1. The molecule has 0 radical (unpaired) electrons. The van der Waals surface area contributed by atoms with Gasteiger partial charge in [-0.25, -0.2) is 4.39 Å². The van der Waals surface area contributed by atoms with Crippen LogP contribution in [0.4, 0.5) is 4.39 Å². The summed E-state index contributed by atoms with van der Waals surface area (Å²) in [6, 6.07) is 0.544. The van der Waals surface area contributed by atoms with Gasteiger partial charge in [0, 0.05) is 70.1 Å². The zero-order valence-electron chi connectivity index (χ0n) is 28.1. The molecule has 1 aromatic rings. The summed E-state index contributed by atoms with van der Waals surface area (Å²) in [4.78, 5) is 23.1. The summed E-state index contributed by atoms with van der Waals surface area (Å²) in [5.41, 5.74) is 7.01. The van der Waals surface area contributed by atoms with Crippen LogP contribution in [-0.2, 0) is 40.2 Å². The molecule has 250 valence electrons. The minimum atomic E-state index is -0.346. The van der Waals surface area contributed by atoms with E-state index in [1.54, 1.807) is 6.20 Å². The molecule has 0 atom stereocenters. The van der Waals surface area contributed by atoms with Crippen molar-refractivity contribution in [3.63, 3.8) is 0 Å². The van der Waals surface area contributed by atoms with E-state index in [9.17, 15) is 10.2 Å². The summed E-state index contributed by atoms with van der Waals surface area (Å²) < 4.78 is 28.3. The van der Waals surface area contributed by atoms with Crippen molar-refractivity contribution >= 4 is 18.4 Å². The van der Waals surface area contributed by atoms with E-state index in [1.165, 1.54) is 6.92 Å². The summed E-state index contributed by atoms with van der Waals surface area (Å²) in [6.07, 6.45) is 12.3. The Bertz CT molecular complexity index is 1430. The predicted molar refractivity (Wildman–Crippen MR) is 181 cm³/mol. The Morgan fingerprint density at radius 2 is 1.83 bits per heavy atom. The summed E-state index contributed by atoms with van der Waals surface area (Å²) in [5, 5.41) is 9.18. The van der Waals surface area contributed by atoms with Crippen LogP contribution in [0.3, 0.4) is 0 Å². The first-order chi connectivity index (χ1) is 22.2. The molecule has 3 aliphatic heterocycles. The highest BCUT2D eigenvalue weighted by Gasteiger charge is 2.31. The fourth-order valence-corrected chi connectivity index (χ4v) is 7.21. The van der Waals surface area contributed by atoms with Gasteiger partial charge >= 0.3 is 5.97 Å². The Hall–Kier alpha value is -3.34. The van der Waals surface area contributed by atoms with Crippen LogP contribution in [-0.4, -0.2) is 103 Å². The van der Waals surface area contributed by atoms with Gasteiger partial charge in [0.05, 0.1) is 43.0 Å². The van der Waals surface area contributed by atoms with E-state index < -0.39 is 0 Å². The van der Waals surface area contributed by atoms with Gasteiger partial charge in [-0.15, -0.1) is 0 Å². The van der Waals surface area contributed by atoms with Crippen molar-refractivity contribution in [1.82, 2.24) is 19.3 Å². The Labute approximate surface area is 273 Å². The monoisotopic (exact) mass is 634 g/mol. The second kappa shape index (κ2) is 15.5. The Morgan fingerprint density at radius 1 is 1.09 bits per heavy atom. The fourth-order valence-electron chi connectivity index (χ4n) is 7.21. The largest absolute Gasteiger partial charge is 0.461 e. The average Bonchev–Trinajstić information content (AvgIpc) is 3.28. The Kier molecular flexibility index (Phi) is 11.5. The van der Waals surface area contributed by atoms with Crippen molar-refractivity contribution in [2.75, 3.05) is 59.1 Å². The smallest absolute Gasteiger partial charge is 0.302 e. The first kappa shape index (κ1) is 34.0. The van der Waals surface area contributed by atoms with E-state index in [0.29, 0.717) is 31.4 Å². The van der Waals surface area contributed by atoms with Crippen LogP contribution < -0.4 is 0 Å². The first-order valence-electron chi connectivity index (χ1n) is 16.8. The quantitative estimate of drug-likeness (QED) is 0.200. The number of nitrogens with zero attached hydrogens (tertiary/aromatic N) is 5. The van der Waals surface area contributed by atoms with Crippen LogP contribution in [0.15, 0.2) is 51.8 Å². The van der Waals surface area contributed by atoms with Crippen molar-refractivity contribution in [3.05, 3.63) is 69.6 Å². The third-order valence-electron chi connectivity index (χ3n) is 9.66. The van der Waals surface area contributed by atoms with Gasteiger partial charge in [0.1, 0.15) is 12.4 Å². The molecular formula is C36H51FN6O3. The van der Waals surface area contributed by atoms with E-state index in [1.807, 2.05) is 19.1 Å². The number of ether oxygens (including phenoxy) is 2. The van der Waals surface area contributed by atoms with Crippen LogP contribution in [0.2, 0.25) is 0 Å². The highest BCUT2D eigenvalue weighted by molar-refractivity contribution is 6.07. The maximum atomic E-state index is 15.2. The van der Waals surface area contributed by atoms with Gasteiger partial charge in [0.15, 0.2) is 0 Å². The van der Waals surface area contributed by atoms with Gasteiger partial charge < -0.3 is 24.4 Å². The molecule has 1 aliphatic carbocycles. The van der Waals surface area contributed by atoms with Gasteiger partial charge in [-0.3, -0.25) is 19.6 Å². The number of carbonyl (C=O) groups is 1. The van der Waals surface area contributed by atoms with Gasteiger partial charge in [0.2, 0.25) is 0 Å². The second-order valence-electron chi connectivity index (χ2n) is 13.3. The summed E-state index contributed by atoms with van der Waals surface area (Å²) in [6.45, 7) is 18.7. The minimum absolute atomic E-state index is 0.00348. The molecule has 1 aromatic heterocycles. The standard InChI is InChI=1S/C36H51FN6O3/c1-25(2)35(32(38)18-26(3)10-11-29(19-39-5)41-14-16-42(17-15-41)30-22-45-23-30)28(21-46-27(4)44)20-40-13-12-34-36(37)31-8-6-7-9-33(31)43(34)24-40/h10-11,18-19,25,30,38H,5-9,12-17,20-24H2,1-4H3/b11-10-,26-18+,29-19+,35-28-,38-32?. The summed E-state index contributed by atoms with van der Waals surface area (Å²) >= 11 is 0. The lowest BCUT2D eigenvalue weighted by molar-refractivity contribution is -0.140. The van der Waals surface area contributed by atoms with Crippen LogP contribution in [0.1, 0.15) is 57.5 Å². The average molecular weight is 635 g/mol. The van der Waals surface area contributed by atoms with E-state index in [2.05, 4.69) is 50.9 Å². The third kappa shape index (κ3) is 7.96. The highest BCUT2D eigenvalue weighted by Crippen LogP contribution is 2.32. The number of carbonyl (C=O) groups excluding carboxylic acids is 1. The van der Waals surface area contributed by atoms with Crippen LogP contribution >= 0.6 is 0 Å². The number of fused-ring (bicyclic) bond motifs is 3. The molecule has 2 fully saturated rings. The normalized spacial score (nSPS) is 20.8. The molecule has 0 aromatic carbocycles. The number of piperazine rings is 1. The number of allylic oxidation sites excluding steroid dienone is 5. The van der Waals surface area contributed by atoms with Crippen molar-refractivity contribution in [1.29, 1.82) is 5.41 Å². The molecule has 5 rings (SSSR count). The molecule has 0 bridgehead atoms. The maximum absolute atomic E-state index is 15.2. The van der Waals surface area contributed by atoms with Crippen molar-refractivity contribution in [2.24, 2.45) is 10.9 Å². The topological polar surface area (TPSA) is 86.4 Å². The molecule has 2 saturated heterocycles. The lowest BCUT2D eigenvalue weighted by Gasteiger charge is -2.43. The molecule has 1 N–H and O–H groups in total. The van der Waals surface area contributed by atoms with Crippen LogP contribution in [0, 0.1) is 17.1 Å². The molecule has 0 spiro atoms. The van der Waals surface area contributed by atoms with Gasteiger partial charge in [-0.2, -0.15) is 0 Å². The van der Waals surface area contributed by atoms with E-state index >= 15 is 4.39 Å². The second-order valence-corrected chi connectivity index (χ2v) is 13.3. The van der Waals surface area contributed by atoms with Crippen molar-refractivity contribution in [2.45, 2.75) is 72.5 Å².